The number of carbonyl (C=O) groups is 2. The number of benzene rings is 3. The Hall–Kier alpha value is -4.60. The highest BCUT2D eigenvalue weighted by atomic mass is 16.6. The molecule has 1 amide bonds. The normalized spacial score (nSPS) is 15.5. The van der Waals surface area contributed by atoms with E-state index in [-0.39, 0.29) is 19.1 Å². The first-order valence-electron chi connectivity index (χ1n) is 15.7. The molecule has 9 heteroatoms. The Morgan fingerprint density at radius 2 is 1.50 bits per heavy atom. The number of hydrogen-bond donors (Lipinski definition) is 2. The van der Waals surface area contributed by atoms with Crippen LogP contribution >= 0.6 is 0 Å². The van der Waals surface area contributed by atoms with Gasteiger partial charge in [-0.1, -0.05) is 78.9 Å². The maximum absolute atomic E-state index is 13.8. The van der Waals surface area contributed by atoms with Crippen molar-refractivity contribution in [3.05, 3.63) is 120 Å². The third kappa shape index (κ3) is 8.56. The summed E-state index contributed by atoms with van der Waals surface area (Å²) in [4.78, 5) is 36.9. The number of nitrogens with one attached hydrogen (secondary N) is 1. The lowest BCUT2D eigenvalue weighted by molar-refractivity contribution is -0.164. The first-order valence-corrected chi connectivity index (χ1v) is 15.7. The highest BCUT2D eigenvalue weighted by molar-refractivity contribution is 5.86. The fourth-order valence-electron chi connectivity index (χ4n) is 5.52. The van der Waals surface area contributed by atoms with Crippen molar-refractivity contribution < 1.29 is 24.2 Å². The Morgan fingerprint density at radius 1 is 0.870 bits per heavy atom. The lowest BCUT2D eigenvalue weighted by Crippen LogP contribution is -2.40. The van der Waals surface area contributed by atoms with Gasteiger partial charge in [0.25, 0.3) is 0 Å². The molecule has 0 unspecified atom stereocenters. The van der Waals surface area contributed by atoms with Crippen LogP contribution < -0.4 is 5.32 Å². The van der Waals surface area contributed by atoms with Gasteiger partial charge in [-0.15, -0.1) is 0 Å². The summed E-state index contributed by atoms with van der Waals surface area (Å²) in [6.07, 6.45) is 4.57. The van der Waals surface area contributed by atoms with Gasteiger partial charge in [0.1, 0.15) is 11.4 Å². The molecule has 2 N–H and O–H groups in total. The molecule has 0 bridgehead atoms. The molecular weight excluding hydrogens is 580 g/mol. The number of nitrogens with zero attached hydrogens (tertiary/aromatic N) is 3. The zero-order valence-electron chi connectivity index (χ0n) is 26.7. The molecule has 1 aliphatic heterocycles. The molecule has 1 fully saturated rings. The minimum atomic E-state index is -2.01. The first kappa shape index (κ1) is 32.8. The lowest BCUT2D eigenvalue weighted by Gasteiger charge is -2.33. The monoisotopic (exact) mass is 622 g/mol. The van der Waals surface area contributed by atoms with Crippen molar-refractivity contribution in [1.82, 2.24) is 20.2 Å². The van der Waals surface area contributed by atoms with Crippen LogP contribution in [0.5, 0.6) is 0 Å². The Balaban J connectivity index is 1.25. The molecule has 1 aromatic heterocycles. The van der Waals surface area contributed by atoms with Crippen LogP contribution in [0.3, 0.4) is 0 Å². The van der Waals surface area contributed by atoms with Crippen molar-refractivity contribution in [3.8, 4) is 11.1 Å². The zero-order valence-corrected chi connectivity index (χ0v) is 26.7. The van der Waals surface area contributed by atoms with E-state index < -0.39 is 23.3 Å². The van der Waals surface area contributed by atoms with Gasteiger partial charge in [-0.3, -0.25) is 4.90 Å². The molecule has 9 nitrogen and oxygen atoms in total. The lowest BCUT2D eigenvalue weighted by atomic mass is 9.85. The molecule has 2 heterocycles. The summed E-state index contributed by atoms with van der Waals surface area (Å²) in [5.74, 6) is -0.0637. The van der Waals surface area contributed by atoms with E-state index in [1.807, 2.05) is 18.2 Å². The number of aliphatic hydroxyl groups is 1. The molecule has 0 saturated carbocycles. The average molecular weight is 623 g/mol. The molecule has 46 heavy (non-hydrogen) atoms. The van der Waals surface area contributed by atoms with Gasteiger partial charge in [-0.05, 0) is 75.4 Å². The molecule has 0 aliphatic carbocycles. The van der Waals surface area contributed by atoms with Crippen LogP contribution in [-0.2, 0) is 33.0 Å². The van der Waals surface area contributed by atoms with Gasteiger partial charge >= 0.3 is 12.1 Å². The molecule has 0 spiro atoms. The molecule has 1 aliphatic rings. The van der Waals surface area contributed by atoms with E-state index in [4.69, 9.17) is 9.47 Å². The van der Waals surface area contributed by atoms with Gasteiger partial charge in [0, 0.05) is 30.1 Å². The van der Waals surface area contributed by atoms with Crippen molar-refractivity contribution in [1.29, 1.82) is 0 Å². The van der Waals surface area contributed by atoms with Gasteiger partial charge in [0.05, 0.1) is 13.2 Å². The van der Waals surface area contributed by atoms with Crippen LogP contribution in [-0.4, -0.2) is 57.3 Å². The van der Waals surface area contributed by atoms with Gasteiger partial charge in [-0.2, -0.15) is 0 Å². The number of hydrogen-bond acceptors (Lipinski definition) is 8. The molecule has 4 aromatic rings. The van der Waals surface area contributed by atoms with E-state index in [0.717, 1.165) is 38.0 Å². The number of likely N-dealkylation sites (tertiary alicyclic amines) is 1. The van der Waals surface area contributed by atoms with Crippen LogP contribution in [0.2, 0.25) is 0 Å². The van der Waals surface area contributed by atoms with Crippen LogP contribution in [0.1, 0.15) is 56.1 Å². The van der Waals surface area contributed by atoms with Gasteiger partial charge in [-0.25, -0.2) is 19.6 Å². The number of esters is 1. The molecule has 240 valence electrons. The first-order chi connectivity index (χ1) is 22.1. The third-order valence-electron chi connectivity index (χ3n) is 8.00. The summed E-state index contributed by atoms with van der Waals surface area (Å²) >= 11 is 0. The highest BCUT2D eigenvalue weighted by Gasteiger charge is 2.42. The molecule has 1 saturated heterocycles. The van der Waals surface area contributed by atoms with Crippen molar-refractivity contribution >= 4 is 12.1 Å². The largest absolute Gasteiger partial charge is 0.463 e. The predicted octanol–water partition coefficient (Wildman–Crippen LogP) is 5.86. The van der Waals surface area contributed by atoms with Gasteiger partial charge in [0.2, 0.25) is 5.60 Å². The van der Waals surface area contributed by atoms with E-state index >= 15 is 0 Å². The molecule has 1 atom stereocenters. The Labute approximate surface area is 270 Å². The minimum absolute atomic E-state index is 0.112. The summed E-state index contributed by atoms with van der Waals surface area (Å²) in [6, 6.07) is 26.4. The Morgan fingerprint density at radius 3 is 2.15 bits per heavy atom. The van der Waals surface area contributed by atoms with Gasteiger partial charge in [0.15, 0.2) is 0 Å². The quantitative estimate of drug-likeness (QED) is 0.212. The zero-order chi connectivity index (χ0) is 32.6. The van der Waals surface area contributed by atoms with Gasteiger partial charge < -0.3 is 19.9 Å². The van der Waals surface area contributed by atoms with Crippen LogP contribution in [0, 0.1) is 5.92 Å². The van der Waals surface area contributed by atoms with E-state index in [2.05, 4.69) is 44.5 Å². The number of ether oxygens (including phenoxy) is 2. The molecule has 3 aromatic carbocycles. The summed E-state index contributed by atoms with van der Waals surface area (Å²) < 4.78 is 11.1. The van der Waals surface area contributed by atoms with Crippen molar-refractivity contribution in [2.45, 2.75) is 57.9 Å². The van der Waals surface area contributed by atoms with Crippen LogP contribution in [0.4, 0.5) is 4.79 Å². The maximum atomic E-state index is 13.8. The van der Waals surface area contributed by atoms with Crippen molar-refractivity contribution in [2.24, 2.45) is 5.92 Å². The second-order valence-electron chi connectivity index (χ2n) is 12.7. The second kappa shape index (κ2) is 14.7. The second-order valence-corrected chi connectivity index (χ2v) is 12.7. The number of alkyl carbamates (subject to hydrolysis) is 1. The maximum Gasteiger partial charge on any atom is 0.408 e. The third-order valence-corrected chi connectivity index (χ3v) is 8.00. The molecule has 5 rings (SSSR count). The fraction of sp³-hybridized carbons (Fsp3) is 0.351. The number of amides is 1. The Kier molecular flexibility index (Phi) is 10.4. The number of aromatic nitrogens is 2. The SMILES string of the molecule is CC(C)(C)OC(=O)NCc1ncc(-c2cccc([C@](O)(C(=O)OCC3CCN(Cc4ccccc4)CC3)c3ccccc3)c2)cn1. The summed E-state index contributed by atoms with van der Waals surface area (Å²) in [6.45, 7) is 8.51. The molecular formula is C37H42N4O5. The summed E-state index contributed by atoms with van der Waals surface area (Å²) in [5.41, 5.74) is 0.896. The Bertz CT molecular complexity index is 1580. The number of piperidine rings is 1. The van der Waals surface area contributed by atoms with Crippen LogP contribution in [0.25, 0.3) is 11.1 Å². The minimum Gasteiger partial charge on any atom is -0.463 e. The van der Waals surface area contributed by atoms with Crippen molar-refractivity contribution in [3.63, 3.8) is 0 Å². The number of rotatable bonds is 10. The standard InChI is InChI=1S/C37H42N4O5/c1-36(2,3)46-35(43)40-24-33-38-22-30(23-39-33)29-13-10-16-32(21-29)37(44,31-14-8-5-9-15-31)34(42)45-26-28-17-19-41(20-18-28)25-27-11-6-4-7-12-27/h4-16,21-23,28,44H,17-20,24-26H2,1-3H3,(H,40,43)/t37-/m0/s1. The average Bonchev–Trinajstić information content (AvgIpc) is 3.07. The van der Waals surface area contributed by atoms with E-state index in [9.17, 15) is 14.7 Å². The van der Waals surface area contributed by atoms with E-state index in [0.29, 0.717) is 22.5 Å². The van der Waals surface area contributed by atoms with E-state index in [1.165, 1.54) is 5.56 Å². The predicted molar refractivity (Wildman–Crippen MR) is 175 cm³/mol. The van der Waals surface area contributed by atoms with E-state index in [1.54, 1.807) is 75.6 Å². The highest BCUT2D eigenvalue weighted by Crippen LogP contribution is 2.34. The number of carbonyl (C=O) groups excluding carboxylic acids is 2. The topological polar surface area (TPSA) is 114 Å². The summed E-state index contributed by atoms with van der Waals surface area (Å²) in [5, 5.41) is 14.8. The van der Waals surface area contributed by atoms with Crippen LogP contribution in [0.15, 0.2) is 97.3 Å². The fourth-order valence-corrected chi connectivity index (χ4v) is 5.52. The summed E-state index contributed by atoms with van der Waals surface area (Å²) in [7, 11) is 0. The van der Waals surface area contributed by atoms with Crippen molar-refractivity contribution in [2.75, 3.05) is 19.7 Å². The molecule has 0 radical (unpaired) electrons. The smallest absolute Gasteiger partial charge is 0.408 e.